The fraction of sp³-hybridized carbons (Fsp3) is 0.364. The van der Waals surface area contributed by atoms with Crippen molar-refractivity contribution in [3.05, 3.63) is 27.7 Å². The van der Waals surface area contributed by atoms with E-state index in [1.54, 1.807) is 11.3 Å². The number of aromatic nitrogens is 3. The summed E-state index contributed by atoms with van der Waals surface area (Å²) in [6, 6.07) is 2.11. The summed E-state index contributed by atoms with van der Waals surface area (Å²) in [6.45, 7) is 3.48. The average molecular weight is 284 g/mol. The third-order valence-electron chi connectivity index (χ3n) is 2.22. The minimum atomic E-state index is 0.194. The number of hydrogen-bond acceptors (Lipinski definition) is 6. The van der Waals surface area contributed by atoms with E-state index >= 15 is 0 Å². The molecule has 96 valence electrons. The van der Waals surface area contributed by atoms with Crippen molar-refractivity contribution in [1.82, 2.24) is 15.0 Å². The summed E-state index contributed by atoms with van der Waals surface area (Å²) in [5.74, 6) is 0.997. The lowest BCUT2D eigenvalue weighted by molar-refractivity contribution is 0.960. The first-order valence-electron chi connectivity index (χ1n) is 5.68. The molecule has 0 aromatic carbocycles. The van der Waals surface area contributed by atoms with E-state index in [0.29, 0.717) is 11.9 Å². The van der Waals surface area contributed by atoms with E-state index in [4.69, 9.17) is 11.6 Å². The standard InChI is InChI=1S/C11H14ClN5S/c1-2-13-10-15-9(12)16-11(17-10)14-5-3-8-4-6-18-7-8/h4,6-7H,2-3,5H2,1H3,(H2,13,14,15,16,17). The second kappa shape index (κ2) is 6.51. The largest absolute Gasteiger partial charge is 0.354 e. The summed E-state index contributed by atoms with van der Waals surface area (Å²) in [5.41, 5.74) is 1.31. The molecule has 2 N–H and O–H groups in total. The maximum atomic E-state index is 5.82. The van der Waals surface area contributed by atoms with Crippen molar-refractivity contribution in [2.24, 2.45) is 0 Å². The normalized spacial score (nSPS) is 10.3. The number of halogens is 1. The molecule has 2 heterocycles. The highest BCUT2D eigenvalue weighted by Gasteiger charge is 2.03. The summed E-state index contributed by atoms with van der Waals surface area (Å²) < 4.78 is 0. The molecule has 18 heavy (non-hydrogen) atoms. The molecule has 0 saturated carbocycles. The highest BCUT2D eigenvalue weighted by molar-refractivity contribution is 7.07. The highest BCUT2D eigenvalue weighted by atomic mass is 35.5. The predicted molar refractivity (Wildman–Crippen MR) is 75.5 cm³/mol. The van der Waals surface area contributed by atoms with E-state index in [1.807, 2.05) is 6.92 Å². The van der Waals surface area contributed by atoms with E-state index in [0.717, 1.165) is 19.5 Å². The number of nitrogens with zero attached hydrogens (tertiary/aromatic N) is 3. The zero-order chi connectivity index (χ0) is 12.8. The van der Waals surface area contributed by atoms with Gasteiger partial charge in [0.1, 0.15) is 0 Å². The maximum absolute atomic E-state index is 5.82. The van der Waals surface area contributed by atoms with E-state index in [1.165, 1.54) is 5.56 Å². The van der Waals surface area contributed by atoms with Crippen LogP contribution < -0.4 is 10.6 Å². The fourth-order valence-corrected chi connectivity index (χ4v) is 2.28. The molecule has 0 fully saturated rings. The fourth-order valence-electron chi connectivity index (χ4n) is 1.42. The minimum absolute atomic E-state index is 0.194. The molecule has 0 bridgehead atoms. The third kappa shape index (κ3) is 3.82. The van der Waals surface area contributed by atoms with Crippen LogP contribution in [0.2, 0.25) is 5.28 Å². The van der Waals surface area contributed by atoms with Crippen LogP contribution in [0.1, 0.15) is 12.5 Å². The van der Waals surface area contributed by atoms with Crippen LogP contribution in [0.3, 0.4) is 0 Å². The molecule has 0 aliphatic heterocycles. The molecular formula is C11H14ClN5S. The molecule has 2 rings (SSSR count). The second-order valence-corrected chi connectivity index (χ2v) is 4.71. The van der Waals surface area contributed by atoms with Crippen LogP contribution in [0, 0.1) is 0 Å². The van der Waals surface area contributed by atoms with Crippen molar-refractivity contribution < 1.29 is 0 Å². The molecule has 0 aliphatic carbocycles. The van der Waals surface area contributed by atoms with Crippen molar-refractivity contribution in [3.63, 3.8) is 0 Å². The SMILES string of the molecule is CCNc1nc(Cl)nc(NCCc2ccsc2)n1. The Bertz CT molecular complexity index is 488. The topological polar surface area (TPSA) is 62.7 Å². The number of nitrogens with one attached hydrogen (secondary N) is 2. The number of rotatable bonds is 6. The molecule has 0 saturated heterocycles. The minimum Gasteiger partial charge on any atom is -0.354 e. The van der Waals surface area contributed by atoms with Gasteiger partial charge in [-0.25, -0.2) is 0 Å². The van der Waals surface area contributed by atoms with Gasteiger partial charge in [0.15, 0.2) is 0 Å². The molecule has 2 aromatic rings. The lowest BCUT2D eigenvalue weighted by Gasteiger charge is -2.06. The number of anilines is 2. The zero-order valence-corrected chi connectivity index (χ0v) is 11.6. The van der Waals surface area contributed by atoms with Crippen LogP contribution in [-0.4, -0.2) is 28.0 Å². The van der Waals surface area contributed by atoms with Gasteiger partial charge in [-0.15, -0.1) is 0 Å². The smallest absolute Gasteiger partial charge is 0.228 e. The van der Waals surface area contributed by atoms with Crippen molar-refractivity contribution in [3.8, 4) is 0 Å². The van der Waals surface area contributed by atoms with E-state index in [9.17, 15) is 0 Å². The Morgan fingerprint density at radius 3 is 2.67 bits per heavy atom. The Balaban J connectivity index is 1.92. The number of thiophene rings is 1. The van der Waals surface area contributed by atoms with E-state index in [-0.39, 0.29) is 5.28 Å². The van der Waals surface area contributed by atoms with Crippen LogP contribution >= 0.6 is 22.9 Å². The third-order valence-corrected chi connectivity index (χ3v) is 3.12. The molecule has 0 amide bonds. The van der Waals surface area contributed by atoms with Crippen molar-refractivity contribution in [2.45, 2.75) is 13.3 Å². The van der Waals surface area contributed by atoms with Gasteiger partial charge in [0.25, 0.3) is 0 Å². The molecule has 0 atom stereocenters. The first-order chi connectivity index (χ1) is 8.78. The van der Waals surface area contributed by atoms with E-state index < -0.39 is 0 Å². The Labute approximate surface area is 115 Å². The Hall–Kier alpha value is -1.40. The Morgan fingerprint density at radius 2 is 2.00 bits per heavy atom. The molecule has 0 spiro atoms. The zero-order valence-electron chi connectivity index (χ0n) is 9.98. The first kappa shape index (κ1) is 13.0. The summed E-state index contributed by atoms with van der Waals surface area (Å²) in [4.78, 5) is 12.2. The summed E-state index contributed by atoms with van der Waals surface area (Å²) in [7, 11) is 0. The predicted octanol–water partition coefficient (Wildman–Crippen LogP) is 2.67. The van der Waals surface area contributed by atoms with Gasteiger partial charge in [0.05, 0.1) is 0 Å². The van der Waals surface area contributed by atoms with E-state index in [2.05, 4.69) is 42.4 Å². The van der Waals surface area contributed by atoms with Crippen LogP contribution in [0.15, 0.2) is 16.8 Å². The average Bonchev–Trinajstić information content (AvgIpc) is 2.82. The first-order valence-corrected chi connectivity index (χ1v) is 7.00. The van der Waals surface area contributed by atoms with Gasteiger partial charge in [0, 0.05) is 13.1 Å². The molecule has 2 aromatic heterocycles. The monoisotopic (exact) mass is 283 g/mol. The molecule has 0 radical (unpaired) electrons. The molecule has 7 heteroatoms. The molecule has 0 aliphatic rings. The van der Waals surface area contributed by atoms with Crippen LogP contribution in [0.25, 0.3) is 0 Å². The molecule has 0 unspecified atom stereocenters. The number of hydrogen-bond donors (Lipinski definition) is 2. The second-order valence-electron chi connectivity index (χ2n) is 3.59. The van der Waals surface area contributed by atoms with Crippen molar-refractivity contribution in [2.75, 3.05) is 23.7 Å². The summed E-state index contributed by atoms with van der Waals surface area (Å²) in [6.07, 6.45) is 0.934. The maximum Gasteiger partial charge on any atom is 0.228 e. The van der Waals surface area contributed by atoms with Gasteiger partial charge in [-0.1, -0.05) is 0 Å². The van der Waals surface area contributed by atoms with Crippen LogP contribution in [0.4, 0.5) is 11.9 Å². The molecular weight excluding hydrogens is 270 g/mol. The Kier molecular flexibility index (Phi) is 4.72. The quantitative estimate of drug-likeness (QED) is 0.853. The lowest BCUT2D eigenvalue weighted by Crippen LogP contribution is -2.11. The van der Waals surface area contributed by atoms with Gasteiger partial charge in [0.2, 0.25) is 17.2 Å². The van der Waals surface area contributed by atoms with Gasteiger partial charge < -0.3 is 10.6 Å². The van der Waals surface area contributed by atoms with Crippen molar-refractivity contribution in [1.29, 1.82) is 0 Å². The van der Waals surface area contributed by atoms with Gasteiger partial charge in [-0.05, 0) is 47.3 Å². The van der Waals surface area contributed by atoms with Crippen LogP contribution in [-0.2, 0) is 6.42 Å². The highest BCUT2D eigenvalue weighted by Crippen LogP contribution is 2.10. The van der Waals surface area contributed by atoms with Gasteiger partial charge >= 0.3 is 0 Å². The summed E-state index contributed by atoms with van der Waals surface area (Å²) >= 11 is 7.52. The molecule has 5 nitrogen and oxygen atoms in total. The lowest BCUT2D eigenvalue weighted by atomic mass is 10.2. The van der Waals surface area contributed by atoms with Gasteiger partial charge in [-0.2, -0.15) is 26.3 Å². The van der Waals surface area contributed by atoms with Crippen LogP contribution in [0.5, 0.6) is 0 Å². The Morgan fingerprint density at radius 1 is 1.22 bits per heavy atom. The van der Waals surface area contributed by atoms with Gasteiger partial charge in [-0.3, -0.25) is 0 Å². The summed E-state index contributed by atoms with van der Waals surface area (Å²) in [5, 5.41) is 10.5. The van der Waals surface area contributed by atoms with Crippen molar-refractivity contribution >= 4 is 34.8 Å².